The molecule has 0 atom stereocenters. The zero-order valence-electron chi connectivity index (χ0n) is 24.2. The molecule has 0 fully saturated rings. The van der Waals surface area contributed by atoms with Gasteiger partial charge in [-0.3, -0.25) is 4.79 Å². The van der Waals surface area contributed by atoms with E-state index in [-0.39, 0.29) is 11.6 Å². The number of carbonyl (C=O) groups is 1. The summed E-state index contributed by atoms with van der Waals surface area (Å²) in [5.74, 6) is -0.0402. The van der Waals surface area contributed by atoms with Crippen LogP contribution in [0.25, 0.3) is 0 Å². The Kier molecular flexibility index (Phi) is 25.2. The van der Waals surface area contributed by atoms with Crippen molar-refractivity contribution < 1.29 is 9.53 Å². The summed E-state index contributed by atoms with van der Waals surface area (Å²) in [6.45, 7) is 8.11. The molecule has 0 N–H and O–H groups in total. The fourth-order valence-corrected chi connectivity index (χ4v) is 4.80. The summed E-state index contributed by atoms with van der Waals surface area (Å²) >= 11 is 0. The first-order chi connectivity index (χ1) is 16.5. The predicted molar refractivity (Wildman–Crippen MR) is 152 cm³/mol. The quantitative estimate of drug-likeness (QED) is 0.0908. The number of ether oxygens (including phenoxy) is 1. The van der Waals surface area contributed by atoms with E-state index in [0.29, 0.717) is 6.42 Å². The first kappa shape index (κ1) is 33.5. The molecular weight excluding hydrogens is 416 g/mol. The van der Waals surface area contributed by atoms with E-state index in [2.05, 4.69) is 6.92 Å². The van der Waals surface area contributed by atoms with Gasteiger partial charge in [0.15, 0.2) is 0 Å². The highest BCUT2D eigenvalue weighted by atomic mass is 16.6. The zero-order valence-corrected chi connectivity index (χ0v) is 24.2. The van der Waals surface area contributed by atoms with Gasteiger partial charge in [0, 0.05) is 6.42 Å². The highest BCUT2D eigenvalue weighted by molar-refractivity contribution is 5.69. The van der Waals surface area contributed by atoms with Crippen LogP contribution in [0.2, 0.25) is 0 Å². The Balaban J connectivity index is 3.10. The Hall–Kier alpha value is -0.530. The van der Waals surface area contributed by atoms with Gasteiger partial charge in [-0.05, 0) is 27.2 Å². The molecule has 0 aliphatic carbocycles. The molecule has 0 heterocycles. The van der Waals surface area contributed by atoms with Crippen molar-refractivity contribution >= 4 is 5.97 Å². The second-order valence-corrected chi connectivity index (χ2v) is 11.8. The van der Waals surface area contributed by atoms with E-state index in [1.807, 2.05) is 20.8 Å². The summed E-state index contributed by atoms with van der Waals surface area (Å²) in [4.78, 5) is 11.7. The van der Waals surface area contributed by atoms with Crippen molar-refractivity contribution in [2.45, 2.75) is 200 Å². The molecule has 0 saturated heterocycles. The maximum absolute atomic E-state index is 11.7. The SMILES string of the molecule is CCCCCCCCCCCCCCCCCCCCCCCCCCCC(=O)OC(C)(C)C. The van der Waals surface area contributed by atoms with Gasteiger partial charge in [-0.1, -0.05) is 161 Å². The van der Waals surface area contributed by atoms with Gasteiger partial charge < -0.3 is 4.74 Å². The third kappa shape index (κ3) is 29.5. The van der Waals surface area contributed by atoms with Gasteiger partial charge in [-0.15, -0.1) is 0 Å². The molecule has 2 nitrogen and oxygen atoms in total. The Labute approximate surface area is 215 Å². The maximum atomic E-state index is 11.7. The third-order valence-electron chi connectivity index (χ3n) is 6.90. The molecule has 0 unspecified atom stereocenters. The molecule has 0 aromatic carbocycles. The predicted octanol–water partition coefficient (Wildman–Crippen LogP) is 11.5. The van der Waals surface area contributed by atoms with Crippen LogP contribution in [0.1, 0.15) is 195 Å². The van der Waals surface area contributed by atoms with E-state index in [4.69, 9.17) is 4.74 Å². The second kappa shape index (κ2) is 25.6. The Morgan fingerprint density at radius 3 is 0.912 bits per heavy atom. The summed E-state index contributed by atoms with van der Waals surface area (Å²) in [6, 6.07) is 0. The van der Waals surface area contributed by atoms with E-state index >= 15 is 0 Å². The van der Waals surface area contributed by atoms with E-state index in [1.165, 1.54) is 154 Å². The Morgan fingerprint density at radius 1 is 0.441 bits per heavy atom. The van der Waals surface area contributed by atoms with Crippen molar-refractivity contribution in [2.75, 3.05) is 0 Å². The molecule has 2 heteroatoms. The van der Waals surface area contributed by atoms with E-state index < -0.39 is 0 Å². The van der Waals surface area contributed by atoms with Crippen molar-refractivity contribution in [3.8, 4) is 0 Å². The summed E-state index contributed by atoms with van der Waals surface area (Å²) in [5.41, 5.74) is -0.344. The van der Waals surface area contributed by atoms with Gasteiger partial charge in [0.2, 0.25) is 0 Å². The molecule has 0 amide bonds. The molecule has 0 aromatic rings. The van der Waals surface area contributed by atoms with Crippen LogP contribution in [0.4, 0.5) is 0 Å². The van der Waals surface area contributed by atoms with Crippen LogP contribution in [0.5, 0.6) is 0 Å². The molecule has 204 valence electrons. The minimum atomic E-state index is -0.344. The summed E-state index contributed by atoms with van der Waals surface area (Å²) in [6.07, 6.45) is 35.7. The average molecular weight is 481 g/mol. The monoisotopic (exact) mass is 480 g/mol. The Bertz CT molecular complexity index is 410. The molecule has 0 aromatic heterocycles. The van der Waals surface area contributed by atoms with Crippen molar-refractivity contribution in [3.05, 3.63) is 0 Å². The molecule has 0 spiro atoms. The van der Waals surface area contributed by atoms with Gasteiger partial charge in [0.05, 0.1) is 0 Å². The molecular formula is C32H64O2. The topological polar surface area (TPSA) is 26.3 Å². The first-order valence-corrected chi connectivity index (χ1v) is 15.7. The van der Waals surface area contributed by atoms with Crippen LogP contribution in [0.3, 0.4) is 0 Å². The number of hydrogen-bond acceptors (Lipinski definition) is 2. The van der Waals surface area contributed by atoms with Crippen molar-refractivity contribution in [3.63, 3.8) is 0 Å². The molecule has 0 bridgehead atoms. The number of unbranched alkanes of at least 4 members (excludes halogenated alkanes) is 24. The maximum Gasteiger partial charge on any atom is 0.306 e. The molecule has 0 aliphatic rings. The van der Waals surface area contributed by atoms with Crippen molar-refractivity contribution in [1.29, 1.82) is 0 Å². The number of carbonyl (C=O) groups excluding carboxylic acids is 1. The third-order valence-corrected chi connectivity index (χ3v) is 6.90. The smallest absolute Gasteiger partial charge is 0.306 e. The van der Waals surface area contributed by atoms with Gasteiger partial charge >= 0.3 is 5.97 Å². The lowest BCUT2D eigenvalue weighted by molar-refractivity contribution is -0.154. The standard InChI is InChI=1S/C32H64O2/c1-5-6-7-8-9-10-11-12-13-14-15-16-17-18-19-20-21-22-23-24-25-26-27-28-29-30-31(33)34-32(2,3)4/h5-30H2,1-4H3. The summed E-state index contributed by atoms with van der Waals surface area (Å²) in [7, 11) is 0. The molecule has 34 heavy (non-hydrogen) atoms. The lowest BCUT2D eigenvalue weighted by atomic mass is 10.0. The fraction of sp³-hybridized carbons (Fsp3) is 0.969. The molecule has 0 radical (unpaired) electrons. The van der Waals surface area contributed by atoms with E-state index in [9.17, 15) is 4.79 Å². The zero-order chi connectivity index (χ0) is 25.2. The first-order valence-electron chi connectivity index (χ1n) is 15.7. The van der Waals surface area contributed by atoms with Crippen LogP contribution < -0.4 is 0 Å². The van der Waals surface area contributed by atoms with Gasteiger partial charge in [0.1, 0.15) is 5.60 Å². The van der Waals surface area contributed by atoms with Gasteiger partial charge in [-0.25, -0.2) is 0 Å². The highest BCUT2D eigenvalue weighted by Crippen LogP contribution is 2.16. The van der Waals surface area contributed by atoms with E-state index in [1.54, 1.807) is 0 Å². The Morgan fingerprint density at radius 2 is 0.676 bits per heavy atom. The molecule has 0 aliphatic heterocycles. The number of esters is 1. The second-order valence-electron chi connectivity index (χ2n) is 11.8. The van der Waals surface area contributed by atoms with E-state index in [0.717, 1.165) is 6.42 Å². The normalized spacial score (nSPS) is 11.8. The molecule has 0 saturated carbocycles. The van der Waals surface area contributed by atoms with Crippen LogP contribution in [-0.2, 0) is 9.53 Å². The molecule has 0 rings (SSSR count). The van der Waals surface area contributed by atoms with Crippen molar-refractivity contribution in [2.24, 2.45) is 0 Å². The minimum Gasteiger partial charge on any atom is -0.460 e. The highest BCUT2D eigenvalue weighted by Gasteiger charge is 2.15. The average Bonchev–Trinajstić information content (AvgIpc) is 2.78. The van der Waals surface area contributed by atoms with Crippen LogP contribution in [0, 0.1) is 0 Å². The fourth-order valence-electron chi connectivity index (χ4n) is 4.80. The summed E-state index contributed by atoms with van der Waals surface area (Å²) in [5, 5.41) is 0. The number of rotatable bonds is 26. The minimum absolute atomic E-state index is 0.0402. The van der Waals surface area contributed by atoms with Gasteiger partial charge in [-0.2, -0.15) is 0 Å². The van der Waals surface area contributed by atoms with Crippen molar-refractivity contribution in [1.82, 2.24) is 0 Å². The van der Waals surface area contributed by atoms with Crippen LogP contribution in [-0.4, -0.2) is 11.6 Å². The van der Waals surface area contributed by atoms with Crippen LogP contribution >= 0.6 is 0 Å². The van der Waals surface area contributed by atoms with Crippen LogP contribution in [0.15, 0.2) is 0 Å². The van der Waals surface area contributed by atoms with Gasteiger partial charge in [0.25, 0.3) is 0 Å². The summed E-state index contributed by atoms with van der Waals surface area (Å²) < 4.78 is 5.35. The lowest BCUT2D eigenvalue weighted by Gasteiger charge is -2.19. The lowest BCUT2D eigenvalue weighted by Crippen LogP contribution is -2.23. The number of hydrogen-bond donors (Lipinski definition) is 0. The largest absolute Gasteiger partial charge is 0.460 e.